The maximum absolute atomic E-state index is 12.5. The summed E-state index contributed by atoms with van der Waals surface area (Å²) in [6.07, 6.45) is 2.63. The Hall–Kier alpha value is -1.31. The topological polar surface area (TPSA) is 83.7 Å². The molecule has 2 N–H and O–H groups in total. The number of nitrogens with zero attached hydrogens (tertiary/aromatic N) is 2. The number of nitrogen functional groups attached to an aromatic ring is 1. The Balaban J connectivity index is 0.00000192. The zero-order valence-electron chi connectivity index (χ0n) is 12.9. The van der Waals surface area contributed by atoms with Gasteiger partial charge >= 0.3 is 0 Å². The number of carbonyl (C=O) groups excluding carboxylic acids is 1. The fourth-order valence-electron chi connectivity index (χ4n) is 3.21. The summed E-state index contributed by atoms with van der Waals surface area (Å²) in [5.41, 5.74) is 8.61. The fourth-order valence-corrected chi connectivity index (χ4v) is 4.74. The molecule has 128 valence electrons. The molecule has 23 heavy (non-hydrogen) atoms. The molecule has 8 heteroatoms. The van der Waals surface area contributed by atoms with Crippen LogP contribution < -0.4 is 10.6 Å². The predicted molar refractivity (Wildman–Crippen MR) is 93.4 cm³/mol. The average Bonchev–Trinajstić information content (AvgIpc) is 2.83. The summed E-state index contributed by atoms with van der Waals surface area (Å²) in [5, 5.41) is 0. The van der Waals surface area contributed by atoms with E-state index in [0.29, 0.717) is 19.5 Å². The SMILES string of the molecule is Cl.Nc1cccc2c1CCCN2C(=O)CCN1CCCS1(=O)=O. The van der Waals surface area contributed by atoms with E-state index in [4.69, 9.17) is 5.73 Å². The quantitative estimate of drug-likeness (QED) is 0.827. The zero-order valence-corrected chi connectivity index (χ0v) is 14.5. The summed E-state index contributed by atoms with van der Waals surface area (Å²) in [7, 11) is -3.14. The van der Waals surface area contributed by atoms with Crippen LogP contribution >= 0.6 is 12.4 Å². The highest BCUT2D eigenvalue weighted by molar-refractivity contribution is 7.89. The Morgan fingerprint density at radius 1 is 1.22 bits per heavy atom. The van der Waals surface area contributed by atoms with Crippen LogP contribution in [0.2, 0.25) is 0 Å². The zero-order chi connectivity index (χ0) is 15.7. The van der Waals surface area contributed by atoms with Crippen LogP contribution in [0.15, 0.2) is 18.2 Å². The highest BCUT2D eigenvalue weighted by atomic mass is 35.5. The molecular formula is C15H22ClN3O3S. The van der Waals surface area contributed by atoms with E-state index in [1.807, 2.05) is 18.2 Å². The molecule has 1 amide bonds. The molecule has 0 unspecified atom stereocenters. The Bertz CT molecular complexity index is 693. The van der Waals surface area contributed by atoms with E-state index in [2.05, 4.69) is 0 Å². The maximum atomic E-state index is 12.5. The molecule has 0 atom stereocenters. The number of nitrogens with two attached hydrogens (primary N) is 1. The second-order valence-electron chi connectivity index (χ2n) is 5.81. The van der Waals surface area contributed by atoms with Gasteiger partial charge in [0, 0.05) is 37.4 Å². The highest BCUT2D eigenvalue weighted by Gasteiger charge is 2.30. The van der Waals surface area contributed by atoms with Crippen molar-refractivity contribution >= 4 is 39.7 Å². The van der Waals surface area contributed by atoms with Gasteiger partial charge in [-0.15, -0.1) is 12.4 Å². The first kappa shape index (κ1) is 18.0. The van der Waals surface area contributed by atoms with Crippen molar-refractivity contribution in [3.05, 3.63) is 23.8 Å². The lowest BCUT2D eigenvalue weighted by Gasteiger charge is -2.30. The van der Waals surface area contributed by atoms with Crippen LogP contribution in [0.25, 0.3) is 0 Å². The number of hydrogen-bond donors (Lipinski definition) is 1. The molecule has 0 spiro atoms. The van der Waals surface area contributed by atoms with Crippen LogP contribution in [0.1, 0.15) is 24.8 Å². The Labute approximate surface area is 143 Å². The molecule has 2 heterocycles. The van der Waals surface area contributed by atoms with Crippen LogP contribution in [0.3, 0.4) is 0 Å². The number of hydrogen-bond acceptors (Lipinski definition) is 4. The molecule has 3 rings (SSSR count). The van der Waals surface area contributed by atoms with Crippen LogP contribution in [0, 0.1) is 0 Å². The van der Waals surface area contributed by atoms with Gasteiger partial charge in [-0.1, -0.05) is 6.07 Å². The van der Waals surface area contributed by atoms with Gasteiger partial charge in [0.15, 0.2) is 0 Å². The summed E-state index contributed by atoms with van der Waals surface area (Å²) in [6, 6.07) is 5.61. The number of rotatable bonds is 3. The second-order valence-corrected chi connectivity index (χ2v) is 7.90. The number of carbonyl (C=O) groups is 1. The van der Waals surface area contributed by atoms with Crippen molar-refractivity contribution in [2.24, 2.45) is 0 Å². The van der Waals surface area contributed by atoms with Crippen molar-refractivity contribution < 1.29 is 13.2 Å². The summed E-state index contributed by atoms with van der Waals surface area (Å²) in [6.45, 7) is 1.47. The monoisotopic (exact) mass is 359 g/mol. The molecule has 0 radical (unpaired) electrons. The van der Waals surface area contributed by atoms with E-state index in [9.17, 15) is 13.2 Å². The van der Waals surface area contributed by atoms with E-state index in [1.165, 1.54) is 4.31 Å². The van der Waals surface area contributed by atoms with Gasteiger partial charge in [0.25, 0.3) is 0 Å². The van der Waals surface area contributed by atoms with Crippen molar-refractivity contribution in [2.45, 2.75) is 25.7 Å². The fraction of sp³-hybridized carbons (Fsp3) is 0.533. The molecule has 0 aromatic heterocycles. The van der Waals surface area contributed by atoms with Crippen LogP contribution in [0.5, 0.6) is 0 Å². The van der Waals surface area contributed by atoms with Crippen LogP contribution in [0.4, 0.5) is 11.4 Å². The van der Waals surface area contributed by atoms with Crippen molar-refractivity contribution in [3.8, 4) is 0 Å². The van der Waals surface area contributed by atoms with E-state index < -0.39 is 10.0 Å². The highest BCUT2D eigenvalue weighted by Crippen LogP contribution is 2.31. The first-order valence-electron chi connectivity index (χ1n) is 7.64. The lowest BCUT2D eigenvalue weighted by atomic mass is 9.99. The van der Waals surface area contributed by atoms with Gasteiger partial charge in [0.2, 0.25) is 15.9 Å². The number of anilines is 2. The van der Waals surface area contributed by atoms with E-state index >= 15 is 0 Å². The number of sulfonamides is 1. The normalized spacial score (nSPS) is 19.9. The largest absolute Gasteiger partial charge is 0.398 e. The molecule has 0 saturated carbocycles. The third kappa shape index (κ3) is 3.62. The average molecular weight is 360 g/mol. The van der Waals surface area contributed by atoms with Gasteiger partial charge < -0.3 is 10.6 Å². The lowest BCUT2D eigenvalue weighted by Crippen LogP contribution is -2.38. The van der Waals surface area contributed by atoms with Gasteiger partial charge in [-0.3, -0.25) is 4.79 Å². The second kappa shape index (κ2) is 7.07. The number of fused-ring (bicyclic) bond motifs is 1. The number of halogens is 1. The molecule has 2 aliphatic rings. The standard InChI is InChI=1S/C15H21N3O3S.ClH/c16-13-5-1-6-14-12(13)4-2-9-18(14)15(19)7-10-17-8-3-11-22(17,20)21;/h1,5-6H,2-4,7-11,16H2;1H. The van der Waals surface area contributed by atoms with Crippen molar-refractivity contribution in [3.63, 3.8) is 0 Å². The van der Waals surface area contributed by atoms with E-state index in [-0.39, 0.29) is 37.0 Å². The first-order valence-corrected chi connectivity index (χ1v) is 9.25. The van der Waals surface area contributed by atoms with Gasteiger partial charge in [-0.25, -0.2) is 12.7 Å². The molecular weight excluding hydrogens is 338 g/mol. The lowest BCUT2D eigenvalue weighted by molar-refractivity contribution is -0.118. The Morgan fingerprint density at radius 3 is 2.70 bits per heavy atom. The maximum Gasteiger partial charge on any atom is 0.228 e. The minimum absolute atomic E-state index is 0. The minimum atomic E-state index is -3.14. The smallest absolute Gasteiger partial charge is 0.228 e. The van der Waals surface area contributed by atoms with Crippen molar-refractivity contribution in [1.82, 2.24) is 4.31 Å². The molecule has 0 aliphatic carbocycles. The van der Waals surface area contributed by atoms with Crippen molar-refractivity contribution in [1.29, 1.82) is 0 Å². The summed E-state index contributed by atoms with van der Waals surface area (Å²) < 4.78 is 25.0. The number of benzene rings is 1. The minimum Gasteiger partial charge on any atom is -0.398 e. The Morgan fingerprint density at radius 2 is 2.00 bits per heavy atom. The predicted octanol–water partition coefficient (Wildman–Crippen LogP) is 1.40. The van der Waals surface area contributed by atoms with Gasteiger partial charge in [0.05, 0.1) is 5.75 Å². The van der Waals surface area contributed by atoms with E-state index in [0.717, 1.165) is 29.8 Å². The summed E-state index contributed by atoms with van der Waals surface area (Å²) in [4.78, 5) is 14.3. The number of amides is 1. The molecule has 1 fully saturated rings. The molecule has 0 bridgehead atoms. The summed E-state index contributed by atoms with van der Waals surface area (Å²) in [5.74, 6) is 0.165. The van der Waals surface area contributed by atoms with Gasteiger partial charge in [-0.05, 0) is 37.0 Å². The first-order chi connectivity index (χ1) is 10.5. The van der Waals surface area contributed by atoms with E-state index in [1.54, 1.807) is 4.90 Å². The summed E-state index contributed by atoms with van der Waals surface area (Å²) >= 11 is 0. The molecule has 6 nitrogen and oxygen atoms in total. The molecule has 1 aromatic rings. The molecule has 2 aliphatic heterocycles. The van der Waals surface area contributed by atoms with Crippen LogP contribution in [-0.2, 0) is 21.2 Å². The van der Waals surface area contributed by atoms with Gasteiger partial charge in [-0.2, -0.15) is 0 Å². The van der Waals surface area contributed by atoms with Gasteiger partial charge in [0.1, 0.15) is 0 Å². The molecule has 1 aromatic carbocycles. The Kier molecular flexibility index (Phi) is 5.54. The molecule has 1 saturated heterocycles. The third-order valence-corrected chi connectivity index (χ3v) is 6.32. The third-order valence-electron chi connectivity index (χ3n) is 4.37. The van der Waals surface area contributed by atoms with Crippen LogP contribution in [-0.4, -0.2) is 44.0 Å². The van der Waals surface area contributed by atoms with Crippen molar-refractivity contribution in [2.75, 3.05) is 36.0 Å².